The molecule has 9 heteroatoms. The quantitative estimate of drug-likeness (QED) is 0.829. The molecule has 1 saturated carbocycles. The highest BCUT2D eigenvalue weighted by Crippen LogP contribution is 2.30. The van der Waals surface area contributed by atoms with E-state index in [1.807, 2.05) is 4.90 Å². The van der Waals surface area contributed by atoms with E-state index >= 15 is 0 Å². The highest BCUT2D eigenvalue weighted by molar-refractivity contribution is 6.29. The van der Waals surface area contributed by atoms with E-state index in [1.165, 1.54) is 4.90 Å². The van der Waals surface area contributed by atoms with Crippen LogP contribution < -0.4 is 9.64 Å². The van der Waals surface area contributed by atoms with Gasteiger partial charge in [-0.2, -0.15) is 4.98 Å². The first-order valence-corrected chi connectivity index (χ1v) is 7.90. The van der Waals surface area contributed by atoms with Crippen LogP contribution in [0.4, 0.5) is 10.7 Å². The van der Waals surface area contributed by atoms with Crippen molar-refractivity contribution in [2.24, 2.45) is 0 Å². The molecule has 0 unspecified atom stereocenters. The Morgan fingerprint density at radius 2 is 2.13 bits per heavy atom. The predicted molar refractivity (Wildman–Crippen MR) is 83.3 cm³/mol. The van der Waals surface area contributed by atoms with E-state index < -0.39 is 6.09 Å². The zero-order chi connectivity index (χ0) is 16.4. The second kappa shape index (κ2) is 6.76. The third-order valence-corrected chi connectivity index (χ3v) is 4.35. The fraction of sp³-hybridized carbons (Fsp3) is 0.643. The average Bonchev–Trinajstić information content (AvgIpc) is 2.50. The van der Waals surface area contributed by atoms with Crippen molar-refractivity contribution in [1.29, 1.82) is 0 Å². The van der Waals surface area contributed by atoms with Gasteiger partial charge in [0.05, 0.1) is 13.2 Å². The van der Waals surface area contributed by atoms with Gasteiger partial charge in [-0.15, -0.1) is 0 Å². The van der Waals surface area contributed by atoms with Crippen LogP contribution >= 0.6 is 11.6 Å². The molecule has 1 N–H and O–H groups in total. The fourth-order valence-corrected chi connectivity index (χ4v) is 2.80. The molecule has 0 bridgehead atoms. The van der Waals surface area contributed by atoms with Crippen molar-refractivity contribution in [3.63, 3.8) is 0 Å². The molecular formula is C14H19ClN4O4. The minimum absolute atomic E-state index is 0.00600. The lowest BCUT2D eigenvalue weighted by Crippen LogP contribution is -2.49. The van der Waals surface area contributed by atoms with Gasteiger partial charge in [-0.25, -0.2) is 9.78 Å². The normalized spacial score (nSPS) is 24.0. The number of rotatable bonds is 4. The SMILES string of the molecule is CN(C(=O)O)[C@H]1C[C@H](Oc2cc(Cl)nc(N3CCOCC3)n2)C1. The number of aromatic nitrogens is 2. The fourth-order valence-electron chi connectivity index (χ4n) is 2.63. The lowest BCUT2D eigenvalue weighted by Gasteiger charge is -2.39. The summed E-state index contributed by atoms with van der Waals surface area (Å²) in [4.78, 5) is 22.9. The lowest BCUT2D eigenvalue weighted by atomic mass is 9.88. The molecule has 2 aliphatic rings. The summed E-state index contributed by atoms with van der Waals surface area (Å²) < 4.78 is 11.1. The average molecular weight is 343 g/mol. The Morgan fingerprint density at radius 3 is 2.78 bits per heavy atom. The Labute approximate surface area is 139 Å². The first kappa shape index (κ1) is 16.1. The van der Waals surface area contributed by atoms with Gasteiger partial charge in [-0.05, 0) is 0 Å². The molecule has 0 atom stereocenters. The Balaban J connectivity index is 1.60. The van der Waals surface area contributed by atoms with Crippen LogP contribution in [-0.2, 0) is 4.74 Å². The molecule has 1 saturated heterocycles. The van der Waals surface area contributed by atoms with Gasteiger partial charge >= 0.3 is 6.09 Å². The smallest absolute Gasteiger partial charge is 0.407 e. The number of morpholine rings is 1. The zero-order valence-corrected chi connectivity index (χ0v) is 13.6. The van der Waals surface area contributed by atoms with Crippen molar-refractivity contribution in [2.75, 3.05) is 38.3 Å². The minimum Gasteiger partial charge on any atom is -0.474 e. The number of carbonyl (C=O) groups is 1. The van der Waals surface area contributed by atoms with E-state index in [4.69, 9.17) is 26.2 Å². The largest absolute Gasteiger partial charge is 0.474 e. The van der Waals surface area contributed by atoms with E-state index in [0.717, 1.165) is 0 Å². The summed E-state index contributed by atoms with van der Waals surface area (Å²) in [5.41, 5.74) is 0. The molecule has 126 valence electrons. The number of amides is 1. The van der Waals surface area contributed by atoms with Crippen LogP contribution in [0.15, 0.2) is 6.07 Å². The summed E-state index contributed by atoms with van der Waals surface area (Å²) in [6.45, 7) is 2.71. The topological polar surface area (TPSA) is 88.0 Å². The molecule has 0 spiro atoms. The number of anilines is 1. The van der Waals surface area contributed by atoms with Gasteiger partial charge in [0.1, 0.15) is 11.3 Å². The predicted octanol–water partition coefficient (Wildman–Crippen LogP) is 1.49. The highest BCUT2D eigenvalue weighted by atomic mass is 35.5. The summed E-state index contributed by atoms with van der Waals surface area (Å²) in [5.74, 6) is 0.960. The van der Waals surface area contributed by atoms with Crippen molar-refractivity contribution in [3.8, 4) is 5.88 Å². The molecular weight excluding hydrogens is 324 g/mol. The maximum absolute atomic E-state index is 10.9. The summed E-state index contributed by atoms with van der Waals surface area (Å²) in [7, 11) is 1.57. The number of hydrogen-bond donors (Lipinski definition) is 1. The Hall–Kier alpha value is -1.80. The highest BCUT2D eigenvalue weighted by Gasteiger charge is 2.36. The van der Waals surface area contributed by atoms with Crippen LogP contribution in [0, 0.1) is 0 Å². The molecule has 1 amide bonds. The number of carboxylic acid groups (broad SMARTS) is 1. The molecule has 1 aromatic heterocycles. The second-order valence-electron chi connectivity index (χ2n) is 5.69. The number of halogens is 1. The van der Waals surface area contributed by atoms with Crippen molar-refractivity contribution in [1.82, 2.24) is 14.9 Å². The molecule has 2 fully saturated rings. The summed E-state index contributed by atoms with van der Waals surface area (Å²) in [5, 5.41) is 9.27. The molecule has 0 radical (unpaired) electrons. The van der Waals surface area contributed by atoms with Crippen LogP contribution in [0.1, 0.15) is 12.8 Å². The Morgan fingerprint density at radius 1 is 1.43 bits per heavy atom. The van der Waals surface area contributed by atoms with Gasteiger partial charge in [0.25, 0.3) is 0 Å². The second-order valence-corrected chi connectivity index (χ2v) is 6.07. The minimum atomic E-state index is -0.923. The van der Waals surface area contributed by atoms with Gasteiger partial charge in [0.2, 0.25) is 11.8 Å². The van der Waals surface area contributed by atoms with Crippen LogP contribution in [0.2, 0.25) is 5.15 Å². The molecule has 2 heterocycles. The van der Waals surface area contributed by atoms with E-state index in [1.54, 1.807) is 13.1 Å². The van der Waals surface area contributed by atoms with Crippen LogP contribution in [0.3, 0.4) is 0 Å². The maximum Gasteiger partial charge on any atom is 0.407 e. The Bertz CT molecular complexity index is 576. The summed E-state index contributed by atoms with van der Waals surface area (Å²) in [6, 6.07) is 1.58. The molecule has 0 aromatic carbocycles. The monoisotopic (exact) mass is 342 g/mol. The van der Waals surface area contributed by atoms with Crippen molar-refractivity contribution in [2.45, 2.75) is 25.0 Å². The number of ether oxygens (including phenoxy) is 2. The zero-order valence-electron chi connectivity index (χ0n) is 12.8. The molecule has 8 nitrogen and oxygen atoms in total. The van der Waals surface area contributed by atoms with Crippen LogP contribution in [0.5, 0.6) is 5.88 Å². The van der Waals surface area contributed by atoms with Crippen LogP contribution in [0.25, 0.3) is 0 Å². The summed E-state index contributed by atoms with van der Waals surface area (Å²) >= 11 is 6.06. The van der Waals surface area contributed by atoms with Crippen molar-refractivity contribution >= 4 is 23.6 Å². The third-order valence-electron chi connectivity index (χ3n) is 4.16. The van der Waals surface area contributed by atoms with Gasteiger partial charge in [0, 0.05) is 45.1 Å². The van der Waals surface area contributed by atoms with Gasteiger partial charge in [-0.3, -0.25) is 0 Å². The number of hydrogen-bond acceptors (Lipinski definition) is 6. The standard InChI is InChI=1S/C14H19ClN4O4/c1-18(14(20)21)9-6-10(7-9)23-12-8-11(15)16-13(17-12)19-2-4-22-5-3-19/h8-10H,2-7H2,1H3,(H,20,21)/t9-,10-. The third kappa shape index (κ3) is 3.76. The first-order chi connectivity index (χ1) is 11.0. The van der Waals surface area contributed by atoms with Crippen molar-refractivity contribution < 1.29 is 19.4 Å². The number of nitrogens with zero attached hydrogens (tertiary/aromatic N) is 4. The molecule has 1 aromatic rings. The van der Waals surface area contributed by atoms with Crippen molar-refractivity contribution in [3.05, 3.63) is 11.2 Å². The lowest BCUT2D eigenvalue weighted by molar-refractivity contribution is 0.0294. The van der Waals surface area contributed by atoms with E-state index in [0.29, 0.717) is 56.1 Å². The molecule has 23 heavy (non-hydrogen) atoms. The Kier molecular flexibility index (Phi) is 4.72. The molecule has 1 aliphatic heterocycles. The van der Waals surface area contributed by atoms with Gasteiger partial charge in [0.15, 0.2) is 0 Å². The molecule has 1 aliphatic carbocycles. The summed E-state index contributed by atoms with van der Waals surface area (Å²) in [6.07, 6.45) is 0.327. The van der Waals surface area contributed by atoms with Crippen LogP contribution in [-0.4, -0.2) is 71.6 Å². The van der Waals surface area contributed by atoms with Gasteiger partial charge < -0.3 is 24.4 Å². The first-order valence-electron chi connectivity index (χ1n) is 7.52. The van der Waals surface area contributed by atoms with E-state index in [-0.39, 0.29) is 12.1 Å². The maximum atomic E-state index is 10.9. The van der Waals surface area contributed by atoms with E-state index in [2.05, 4.69) is 9.97 Å². The van der Waals surface area contributed by atoms with Gasteiger partial charge in [-0.1, -0.05) is 11.6 Å². The van der Waals surface area contributed by atoms with E-state index in [9.17, 15) is 4.79 Å². The molecule has 3 rings (SSSR count).